The summed E-state index contributed by atoms with van der Waals surface area (Å²) in [4.78, 5) is 28.5. The highest BCUT2D eigenvalue weighted by Gasteiger charge is 2.14. The number of hydrogen-bond acceptors (Lipinski definition) is 7. The highest BCUT2D eigenvalue weighted by molar-refractivity contribution is 7.09. The minimum absolute atomic E-state index is 0.247. The number of benzene rings is 2. The second-order valence-corrected chi connectivity index (χ2v) is 7.08. The molecular formula is C23H23N2O6P. The van der Waals surface area contributed by atoms with E-state index >= 15 is 0 Å². The third-order valence-electron chi connectivity index (χ3n) is 4.22. The number of pyridine rings is 1. The first kappa shape index (κ1) is 23.2. The summed E-state index contributed by atoms with van der Waals surface area (Å²) in [5.74, 6) is 0.869. The molecule has 1 aromatic heterocycles. The summed E-state index contributed by atoms with van der Waals surface area (Å²) in [6, 6.07) is 17.2. The summed E-state index contributed by atoms with van der Waals surface area (Å²) >= 11 is 0. The molecule has 2 aromatic carbocycles. The summed E-state index contributed by atoms with van der Waals surface area (Å²) < 4.78 is 21.4. The molecule has 3 rings (SSSR count). The number of ether oxygens (including phenoxy) is 3. The Morgan fingerprint density at radius 1 is 1.00 bits per heavy atom. The summed E-state index contributed by atoms with van der Waals surface area (Å²) in [5.41, 5.74) is 0.594. The van der Waals surface area contributed by atoms with Gasteiger partial charge in [-0.15, -0.1) is 0 Å². The van der Waals surface area contributed by atoms with Gasteiger partial charge in [0.25, 0.3) is 5.91 Å². The Labute approximate surface area is 188 Å². The SMILES string of the molecule is COC(=O)c1ccc(NC(=O)c2cc(Oc3ccccc3)cc(O[C@@H](C)COP)c2)nc1. The summed E-state index contributed by atoms with van der Waals surface area (Å²) in [5, 5.41) is 2.70. The summed E-state index contributed by atoms with van der Waals surface area (Å²) in [6.45, 7) is 2.20. The number of rotatable bonds is 9. The maximum Gasteiger partial charge on any atom is 0.339 e. The Morgan fingerprint density at radius 2 is 1.75 bits per heavy atom. The van der Waals surface area contributed by atoms with Crippen LogP contribution in [-0.2, 0) is 9.26 Å². The number of esters is 1. The van der Waals surface area contributed by atoms with Crippen molar-refractivity contribution in [1.29, 1.82) is 0 Å². The van der Waals surface area contributed by atoms with E-state index in [0.29, 0.717) is 29.4 Å². The van der Waals surface area contributed by atoms with Crippen molar-refractivity contribution in [1.82, 2.24) is 4.98 Å². The molecule has 0 saturated carbocycles. The van der Waals surface area contributed by atoms with E-state index in [0.717, 1.165) is 0 Å². The molecule has 0 aliphatic rings. The van der Waals surface area contributed by atoms with Crippen LogP contribution in [0, 0.1) is 0 Å². The van der Waals surface area contributed by atoms with Crippen molar-refractivity contribution in [2.75, 3.05) is 19.0 Å². The van der Waals surface area contributed by atoms with Crippen LogP contribution in [0.15, 0.2) is 66.9 Å². The smallest absolute Gasteiger partial charge is 0.339 e. The Hall–Kier alpha value is -3.48. The molecule has 8 nitrogen and oxygen atoms in total. The highest BCUT2D eigenvalue weighted by atomic mass is 31.0. The number of methoxy groups -OCH3 is 1. The van der Waals surface area contributed by atoms with Gasteiger partial charge in [0.1, 0.15) is 29.2 Å². The number of carbonyl (C=O) groups excluding carboxylic acids is 2. The Kier molecular flexibility index (Phi) is 8.14. The molecule has 1 unspecified atom stereocenters. The predicted octanol–water partition coefficient (Wildman–Crippen LogP) is 4.49. The normalized spacial score (nSPS) is 11.3. The summed E-state index contributed by atoms with van der Waals surface area (Å²) in [7, 11) is 3.46. The molecule has 1 amide bonds. The second kappa shape index (κ2) is 11.2. The molecule has 166 valence electrons. The fourth-order valence-corrected chi connectivity index (χ4v) is 3.02. The number of anilines is 1. The standard InChI is InChI=1S/C23H23N2O6P/c1-15(14-29-32)30-19-10-17(11-20(12-19)31-18-6-4-3-5-7-18)22(26)25-21-9-8-16(13-24-21)23(27)28-2/h3-13,15H,14,32H2,1-2H3,(H,24,25,26)/t15-/m0/s1. The maximum absolute atomic E-state index is 12.9. The lowest BCUT2D eigenvalue weighted by Gasteiger charge is -2.16. The molecule has 1 N–H and O–H groups in total. The van der Waals surface area contributed by atoms with Crippen LogP contribution < -0.4 is 14.8 Å². The van der Waals surface area contributed by atoms with Gasteiger partial charge in [-0.2, -0.15) is 0 Å². The monoisotopic (exact) mass is 454 g/mol. The minimum atomic E-state index is -0.508. The maximum atomic E-state index is 12.9. The Morgan fingerprint density at radius 3 is 2.41 bits per heavy atom. The van der Waals surface area contributed by atoms with Crippen LogP contribution in [0.4, 0.5) is 5.82 Å². The van der Waals surface area contributed by atoms with E-state index in [4.69, 9.17) is 14.0 Å². The van der Waals surface area contributed by atoms with E-state index in [9.17, 15) is 9.59 Å². The number of nitrogens with one attached hydrogen (secondary N) is 1. The molecule has 1 heterocycles. The lowest BCUT2D eigenvalue weighted by atomic mass is 10.1. The molecule has 3 aromatic rings. The zero-order valence-corrected chi connectivity index (χ0v) is 18.8. The molecule has 9 heteroatoms. The van der Waals surface area contributed by atoms with Gasteiger partial charge >= 0.3 is 5.97 Å². The molecule has 0 saturated heterocycles. The first-order valence-electron chi connectivity index (χ1n) is 9.70. The van der Waals surface area contributed by atoms with Crippen LogP contribution in [0.5, 0.6) is 17.2 Å². The Bertz CT molecular complexity index is 1060. The van der Waals surface area contributed by atoms with E-state index in [1.54, 1.807) is 18.2 Å². The van der Waals surface area contributed by atoms with E-state index in [1.165, 1.54) is 25.4 Å². The van der Waals surface area contributed by atoms with Gasteiger partial charge in [-0.25, -0.2) is 9.78 Å². The van der Waals surface area contributed by atoms with Crippen LogP contribution in [-0.4, -0.2) is 36.7 Å². The van der Waals surface area contributed by atoms with Crippen LogP contribution in [0.2, 0.25) is 0 Å². The molecule has 0 bridgehead atoms. The molecule has 0 aliphatic heterocycles. The Balaban J connectivity index is 1.83. The third kappa shape index (κ3) is 6.51. The molecule has 2 atom stereocenters. The van der Waals surface area contributed by atoms with E-state index in [-0.39, 0.29) is 17.5 Å². The van der Waals surface area contributed by atoms with Gasteiger partial charge in [-0.1, -0.05) is 18.2 Å². The van der Waals surface area contributed by atoms with Crippen LogP contribution in [0.25, 0.3) is 0 Å². The number of carbonyl (C=O) groups is 2. The first-order valence-corrected chi connectivity index (χ1v) is 10.2. The van der Waals surface area contributed by atoms with Crippen molar-refractivity contribution in [2.24, 2.45) is 0 Å². The lowest BCUT2D eigenvalue weighted by molar-refractivity contribution is 0.0600. The highest BCUT2D eigenvalue weighted by Crippen LogP contribution is 2.28. The zero-order chi connectivity index (χ0) is 22.9. The van der Waals surface area contributed by atoms with Crippen molar-refractivity contribution in [3.05, 3.63) is 78.0 Å². The second-order valence-electron chi connectivity index (χ2n) is 6.75. The van der Waals surface area contributed by atoms with Gasteiger partial charge in [0.05, 0.1) is 19.3 Å². The van der Waals surface area contributed by atoms with E-state index in [1.807, 2.05) is 37.3 Å². The molecule has 0 fully saturated rings. The molecule has 32 heavy (non-hydrogen) atoms. The van der Waals surface area contributed by atoms with Gasteiger partial charge in [-0.3, -0.25) is 4.79 Å². The van der Waals surface area contributed by atoms with Crippen LogP contribution in [0.3, 0.4) is 0 Å². The number of para-hydroxylation sites is 1. The average molecular weight is 454 g/mol. The molecule has 0 aliphatic carbocycles. The topological polar surface area (TPSA) is 96.0 Å². The van der Waals surface area contributed by atoms with Crippen LogP contribution in [0.1, 0.15) is 27.6 Å². The predicted molar refractivity (Wildman–Crippen MR) is 122 cm³/mol. The van der Waals surface area contributed by atoms with E-state index < -0.39 is 11.9 Å². The number of nitrogens with zero attached hydrogens (tertiary/aromatic N) is 1. The molecular weight excluding hydrogens is 431 g/mol. The summed E-state index contributed by atoms with van der Waals surface area (Å²) in [6.07, 6.45) is 1.08. The number of hydrogen-bond donors (Lipinski definition) is 1. The first-order chi connectivity index (χ1) is 15.5. The fraction of sp³-hybridized carbons (Fsp3) is 0.174. The van der Waals surface area contributed by atoms with Crippen LogP contribution >= 0.6 is 9.47 Å². The van der Waals surface area contributed by atoms with Gasteiger partial charge < -0.3 is 24.1 Å². The molecule has 0 radical (unpaired) electrons. The average Bonchev–Trinajstić information content (AvgIpc) is 2.79. The van der Waals surface area contributed by atoms with E-state index in [2.05, 4.69) is 24.5 Å². The quantitative estimate of drug-likeness (QED) is 0.376. The lowest BCUT2D eigenvalue weighted by Crippen LogP contribution is -2.18. The third-order valence-corrected chi connectivity index (χ3v) is 4.41. The van der Waals surface area contributed by atoms with Gasteiger partial charge in [0.2, 0.25) is 0 Å². The van der Waals surface area contributed by atoms with Gasteiger partial charge in [0, 0.05) is 27.3 Å². The van der Waals surface area contributed by atoms with Crippen molar-refractivity contribution in [3.63, 3.8) is 0 Å². The zero-order valence-electron chi connectivity index (χ0n) is 17.6. The number of aromatic nitrogens is 1. The van der Waals surface area contributed by atoms with Gasteiger partial charge in [-0.05, 0) is 43.3 Å². The minimum Gasteiger partial charge on any atom is -0.488 e. The number of amides is 1. The fourth-order valence-electron chi connectivity index (χ4n) is 2.75. The van der Waals surface area contributed by atoms with Gasteiger partial charge in [0.15, 0.2) is 0 Å². The van der Waals surface area contributed by atoms with Crippen molar-refractivity contribution in [3.8, 4) is 17.2 Å². The largest absolute Gasteiger partial charge is 0.488 e. The molecule has 0 spiro atoms. The van der Waals surface area contributed by atoms with Crippen molar-refractivity contribution < 1.29 is 28.3 Å². The van der Waals surface area contributed by atoms with Crippen molar-refractivity contribution >= 4 is 27.2 Å². The van der Waals surface area contributed by atoms with Crippen molar-refractivity contribution in [2.45, 2.75) is 13.0 Å².